The lowest BCUT2D eigenvalue weighted by molar-refractivity contribution is 0.863. The van der Waals surface area contributed by atoms with E-state index in [2.05, 4.69) is 35.9 Å². The Morgan fingerprint density at radius 3 is 2.75 bits per heavy atom. The summed E-state index contributed by atoms with van der Waals surface area (Å²) in [6.07, 6.45) is 1.84. The van der Waals surface area contributed by atoms with Crippen LogP contribution in [0.4, 0.5) is 5.95 Å². The zero-order chi connectivity index (χ0) is 14.3. The van der Waals surface area contributed by atoms with Crippen molar-refractivity contribution in [2.75, 3.05) is 5.73 Å². The lowest BCUT2D eigenvalue weighted by atomic mass is 10.0. The minimum Gasteiger partial charge on any atom is -0.369 e. The molecule has 2 aromatic heterocycles. The minimum absolute atomic E-state index is 0.471. The summed E-state index contributed by atoms with van der Waals surface area (Å²) >= 11 is 0. The molecular weight excluding hydrogens is 248 g/mol. The summed E-state index contributed by atoms with van der Waals surface area (Å²) < 4.78 is 1.90. The Morgan fingerprint density at radius 1 is 1.20 bits per heavy atom. The van der Waals surface area contributed by atoms with Gasteiger partial charge in [0.1, 0.15) is 5.52 Å². The van der Waals surface area contributed by atoms with Crippen LogP contribution in [0.1, 0.15) is 30.9 Å². The van der Waals surface area contributed by atoms with E-state index in [9.17, 15) is 0 Å². The summed E-state index contributed by atoms with van der Waals surface area (Å²) in [7, 11) is 0. The number of fused-ring (bicyclic) bond motifs is 1. The van der Waals surface area contributed by atoms with Gasteiger partial charge < -0.3 is 5.73 Å². The van der Waals surface area contributed by atoms with Gasteiger partial charge >= 0.3 is 0 Å². The first-order chi connectivity index (χ1) is 9.56. The van der Waals surface area contributed by atoms with Crippen LogP contribution in [-0.2, 0) is 0 Å². The number of pyridine rings is 1. The average Bonchev–Trinajstić information content (AvgIpc) is 2.73. The summed E-state index contributed by atoms with van der Waals surface area (Å²) in [5.74, 6) is 0.945. The smallest absolute Gasteiger partial charge is 0.207 e. The van der Waals surface area contributed by atoms with E-state index in [1.54, 1.807) is 0 Å². The van der Waals surface area contributed by atoms with Crippen LogP contribution >= 0.6 is 0 Å². The number of benzene rings is 1. The summed E-state index contributed by atoms with van der Waals surface area (Å²) in [5, 5.41) is 0. The number of rotatable bonds is 2. The van der Waals surface area contributed by atoms with Gasteiger partial charge in [0.25, 0.3) is 0 Å². The Labute approximate surface area is 118 Å². The fourth-order valence-corrected chi connectivity index (χ4v) is 2.36. The van der Waals surface area contributed by atoms with Crippen LogP contribution in [0.15, 0.2) is 36.5 Å². The highest BCUT2D eigenvalue weighted by Gasteiger charge is 2.12. The Kier molecular flexibility index (Phi) is 2.93. The van der Waals surface area contributed by atoms with Crippen molar-refractivity contribution in [3.05, 3.63) is 47.7 Å². The van der Waals surface area contributed by atoms with Crippen LogP contribution in [-0.4, -0.2) is 14.5 Å². The zero-order valence-electron chi connectivity index (χ0n) is 12.0. The molecule has 4 heteroatoms. The molecule has 20 heavy (non-hydrogen) atoms. The SMILES string of the molecule is Cc1cnc2c(c1)nc(N)n2-c1cccc(C(C)C)c1. The van der Waals surface area contributed by atoms with E-state index in [4.69, 9.17) is 5.73 Å². The van der Waals surface area contributed by atoms with Crippen molar-refractivity contribution in [2.45, 2.75) is 26.7 Å². The molecule has 2 heterocycles. The second-order valence-electron chi connectivity index (χ2n) is 5.41. The average molecular weight is 266 g/mol. The number of hydrogen-bond acceptors (Lipinski definition) is 3. The van der Waals surface area contributed by atoms with Crippen molar-refractivity contribution in [2.24, 2.45) is 0 Å². The molecule has 2 N–H and O–H groups in total. The maximum Gasteiger partial charge on any atom is 0.207 e. The molecule has 0 spiro atoms. The highest BCUT2D eigenvalue weighted by Crippen LogP contribution is 2.24. The topological polar surface area (TPSA) is 56.7 Å². The van der Waals surface area contributed by atoms with Gasteiger partial charge in [0, 0.05) is 6.20 Å². The third-order valence-electron chi connectivity index (χ3n) is 3.45. The predicted molar refractivity (Wildman–Crippen MR) is 82.1 cm³/mol. The number of aromatic nitrogens is 3. The summed E-state index contributed by atoms with van der Waals surface area (Å²) in [4.78, 5) is 8.88. The number of aryl methyl sites for hydroxylation is 1. The monoisotopic (exact) mass is 266 g/mol. The number of anilines is 1. The molecule has 0 aliphatic rings. The molecule has 0 saturated carbocycles. The molecule has 1 aromatic carbocycles. The predicted octanol–water partition coefficient (Wildman–Crippen LogP) is 3.43. The lowest BCUT2D eigenvalue weighted by Crippen LogP contribution is -2.02. The third-order valence-corrected chi connectivity index (χ3v) is 3.45. The Balaban J connectivity index is 2.24. The van der Waals surface area contributed by atoms with Crippen LogP contribution in [0.25, 0.3) is 16.9 Å². The van der Waals surface area contributed by atoms with Gasteiger partial charge in [-0.05, 0) is 42.2 Å². The fraction of sp³-hybridized carbons (Fsp3) is 0.250. The molecule has 102 valence electrons. The molecule has 0 radical (unpaired) electrons. The van der Waals surface area contributed by atoms with E-state index in [1.165, 1.54) is 5.56 Å². The van der Waals surface area contributed by atoms with Gasteiger partial charge in [-0.3, -0.25) is 4.57 Å². The second kappa shape index (κ2) is 4.63. The van der Waals surface area contributed by atoms with E-state index in [1.807, 2.05) is 35.9 Å². The molecule has 0 aliphatic carbocycles. The van der Waals surface area contributed by atoms with E-state index in [-0.39, 0.29) is 0 Å². The van der Waals surface area contributed by atoms with Crippen LogP contribution in [0, 0.1) is 6.92 Å². The highest BCUT2D eigenvalue weighted by molar-refractivity contribution is 5.77. The number of hydrogen-bond donors (Lipinski definition) is 1. The van der Waals surface area contributed by atoms with E-state index in [0.29, 0.717) is 11.9 Å². The molecule has 3 aromatic rings. The third kappa shape index (κ3) is 2.03. The maximum atomic E-state index is 6.07. The number of nitrogens with zero attached hydrogens (tertiary/aromatic N) is 3. The molecule has 0 unspecified atom stereocenters. The molecule has 3 rings (SSSR count). The maximum absolute atomic E-state index is 6.07. The summed E-state index contributed by atoms with van der Waals surface area (Å²) in [5.41, 5.74) is 11.1. The van der Waals surface area contributed by atoms with Gasteiger partial charge in [-0.15, -0.1) is 0 Å². The van der Waals surface area contributed by atoms with E-state index >= 15 is 0 Å². The molecule has 0 fully saturated rings. The van der Waals surface area contributed by atoms with Crippen LogP contribution in [0.3, 0.4) is 0 Å². The van der Waals surface area contributed by atoms with Crippen LogP contribution < -0.4 is 5.73 Å². The molecule has 0 atom stereocenters. The molecule has 0 saturated heterocycles. The standard InChI is InChI=1S/C16H18N4/c1-10(2)12-5-4-6-13(8-12)20-15-14(19-16(20)17)7-11(3)9-18-15/h4-10H,1-3H3,(H2,17,19). The fourth-order valence-electron chi connectivity index (χ4n) is 2.36. The molecule has 0 bridgehead atoms. The second-order valence-corrected chi connectivity index (χ2v) is 5.41. The van der Waals surface area contributed by atoms with Crippen molar-refractivity contribution in [3.8, 4) is 5.69 Å². The molecule has 0 aliphatic heterocycles. The van der Waals surface area contributed by atoms with E-state index in [0.717, 1.165) is 22.4 Å². The van der Waals surface area contributed by atoms with Crippen LogP contribution in [0.5, 0.6) is 0 Å². The molecule has 0 amide bonds. The van der Waals surface area contributed by atoms with Gasteiger partial charge in [-0.2, -0.15) is 0 Å². The van der Waals surface area contributed by atoms with Gasteiger partial charge in [0.15, 0.2) is 5.65 Å². The Hall–Kier alpha value is -2.36. The van der Waals surface area contributed by atoms with Crippen molar-refractivity contribution < 1.29 is 0 Å². The first kappa shape index (κ1) is 12.7. The summed E-state index contributed by atoms with van der Waals surface area (Å²) in [6.45, 7) is 6.35. The Morgan fingerprint density at radius 2 is 2.00 bits per heavy atom. The zero-order valence-corrected chi connectivity index (χ0v) is 12.0. The quantitative estimate of drug-likeness (QED) is 0.773. The van der Waals surface area contributed by atoms with Gasteiger partial charge in [0.05, 0.1) is 5.69 Å². The molecule has 4 nitrogen and oxygen atoms in total. The minimum atomic E-state index is 0.471. The number of imidazole rings is 1. The van der Waals surface area contributed by atoms with Crippen molar-refractivity contribution in [1.29, 1.82) is 0 Å². The largest absolute Gasteiger partial charge is 0.369 e. The number of nitrogens with two attached hydrogens (primary N) is 1. The van der Waals surface area contributed by atoms with Crippen LogP contribution in [0.2, 0.25) is 0 Å². The van der Waals surface area contributed by atoms with Crippen molar-refractivity contribution in [3.63, 3.8) is 0 Å². The lowest BCUT2D eigenvalue weighted by Gasteiger charge is -2.10. The number of nitrogen functional groups attached to an aromatic ring is 1. The van der Waals surface area contributed by atoms with Gasteiger partial charge in [-0.25, -0.2) is 9.97 Å². The van der Waals surface area contributed by atoms with E-state index < -0.39 is 0 Å². The summed E-state index contributed by atoms with van der Waals surface area (Å²) in [6, 6.07) is 10.3. The normalized spacial score (nSPS) is 11.4. The first-order valence-corrected chi connectivity index (χ1v) is 6.77. The highest BCUT2D eigenvalue weighted by atomic mass is 15.2. The van der Waals surface area contributed by atoms with Gasteiger partial charge in [0.2, 0.25) is 5.95 Å². The van der Waals surface area contributed by atoms with Gasteiger partial charge in [-0.1, -0.05) is 26.0 Å². The Bertz CT molecular complexity index is 771. The van der Waals surface area contributed by atoms with Crippen molar-refractivity contribution >= 4 is 17.1 Å². The van der Waals surface area contributed by atoms with Crippen molar-refractivity contribution in [1.82, 2.24) is 14.5 Å². The molecular formula is C16H18N4. The first-order valence-electron chi connectivity index (χ1n) is 6.77.